The van der Waals surface area contributed by atoms with E-state index in [2.05, 4.69) is 4.98 Å². The number of Topliss-reactive ketones (excluding diaryl/α,β-unsaturated/α-hetero) is 1. The molecule has 30 heavy (non-hydrogen) atoms. The lowest BCUT2D eigenvalue weighted by atomic mass is 10.0. The second-order valence-electron chi connectivity index (χ2n) is 7.85. The van der Waals surface area contributed by atoms with Crippen molar-refractivity contribution in [1.82, 2.24) is 9.55 Å². The zero-order valence-corrected chi connectivity index (χ0v) is 17.2. The van der Waals surface area contributed by atoms with Crippen LogP contribution in [0.5, 0.6) is 0 Å². The smallest absolute Gasteiger partial charge is 0.338 e. The first kappa shape index (κ1) is 20.0. The average Bonchev–Trinajstić information content (AvgIpc) is 2.97. The van der Waals surface area contributed by atoms with Gasteiger partial charge in [0, 0.05) is 18.5 Å². The van der Waals surface area contributed by atoms with Crippen molar-refractivity contribution in [1.29, 1.82) is 0 Å². The number of benzene rings is 2. The van der Waals surface area contributed by atoms with E-state index in [0.29, 0.717) is 23.0 Å². The number of hydrogen-bond acceptors (Lipinski definition) is 5. The highest BCUT2D eigenvalue weighted by Crippen LogP contribution is 2.17. The van der Waals surface area contributed by atoms with Gasteiger partial charge in [-0.05, 0) is 50.5 Å². The molecule has 0 aliphatic carbocycles. The molecule has 4 rings (SSSR count). The van der Waals surface area contributed by atoms with Gasteiger partial charge in [-0.15, -0.1) is 0 Å². The zero-order chi connectivity index (χ0) is 21.3. The number of carbonyl (C=O) groups excluding carboxylic acids is 2. The third kappa shape index (κ3) is 3.90. The Bertz CT molecular complexity index is 1210. The first-order valence-electron chi connectivity index (χ1n) is 10.2. The molecule has 1 aliphatic rings. The molecule has 6 nitrogen and oxygen atoms in total. The van der Waals surface area contributed by atoms with Crippen molar-refractivity contribution < 1.29 is 14.3 Å². The summed E-state index contributed by atoms with van der Waals surface area (Å²) in [4.78, 5) is 42.4. The normalized spacial score (nSPS) is 13.5. The van der Waals surface area contributed by atoms with E-state index in [-0.39, 0.29) is 23.5 Å². The highest BCUT2D eigenvalue weighted by atomic mass is 16.5. The molecule has 2 heterocycles. The van der Waals surface area contributed by atoms with Gasteiger partial charge in [0.2, 0.25) is 5.78 Å². The van der Waals surface area contributed by atoms with E-state index >= 15 is 0 Å². The summed E-state index contributed by atoms with van der Waals surface area (Å²) >= 11 is 0. The predicted octanol–water partition coefficient (Wildman–Crippen LogP) is 3.78. The molecule has 0 saturated heterocycles. The van der Waals surface area contributed by atoms with E-state index in [1.54, 1.807) is 28.8 Å². The molecule has 154 valence electrons. The van der Waals surface area contributed by atoms with Crippen LogP contribution in [-0.4, -0.2) is 27.9 Å². The van der Waals surface area contributed by atoms with Crippen LogP contribution < -0.4 is 5.56 Å². The van der Waals surface area contributed by atoms with Gasteiger partial charge in [0.25, 0.3) is 5.56 Å². The van der Waals surface area contributed by atoms with Crippen molar-refractivity contribution in [2.45, 2.75) is 46.1 Å². The Morgan fingerprint density at radius 1 is 1.07 bits per heavy atom. The summed E-state index contributed by atoms with van der Waals surface area (Å²) in [7, 11) is 0. The number of esters is 1. The van der Waals surface area contributed by atoms with Gasteiger partial charge in [-0.25, -0.2) is 9.78 Å². The zero-order valence-electron chi connectivity index (χ0n) is 17.2. The van der Waals surface area contributed by atoms with Crippen LogP contribution >= 0.6 is 0 Å². The monoisotopic (exact) mass is 404 g/mol. The Labute approximate surface area is 174 Å². The number of ether oxygens (including phenoxy) is 1. The number of carbonyl (C=O) groups is 2. The third-order valence-corrected chi connectivity index (χ3v) is 5.57. The van der Waals surface area contributed by atoms with Crippen LogP contribution in [0.2, 0.25) is 0 Å². The largest absolute Gasteiger partial charge is 0.454 e. The van der Waals surface area contributed by atoms with Gasteiger partial charge >= 0.3 is 5.97 Å². The predicted molar refractivity (Wildman–Crippen MR) is 114 cm³/mol. The number of rotatable bonds is 4. The minimum Gasteiger partial charge on any atom is -0.454 e. The van der Waals surface area contributed by atoms with Crippen LogP contribution in [0.15, 0.2) is 41.2 Å². The SMILES string of the molecule is Cc1ccc(C(=O)COC(=O)c2ccc3c(=O)n4c(nc3c2)CCCCC4)c(C)c1. The van der Waals surface area contributed by atoms with Crippen molar-refractivity contribution >= 4 is 22.7 Å². The Balaban J connectivity index is 1.55. The van der Waals surface area contributed by atoms with Gasteiger partial charge in [0.1, 0.15) is 5.82 Å². The van der Waals surface area contributed by atoms with Gasteiger partial charge in [-0.2, -0.15) is 0 Å². The standard InChI is InChI=1S/C24H24N2O4/c1-15-7-9-18(16(2)12-15)21(27)14-30-24(29)17-8-10-19-20(13-17)25-22-6-4-3-5-11-26(22)23(19)28/h7-10,12-13H,3-6,11,14H2,1-2H3. The van der Waals surface area contributed by atoms with E-state index < -0.39 is 5.97 Å². The molecule has 1 aromatic heterocycles. The maximum atomic E-state index is 12.8. The van der Waals surface area contributed by atoms with Gasteiger partial charge in [-0.1, -0.05) is 30.2 Å². The first-order valence-corrected chi connectivity index (χ1v) is 10.2. The summed E-state index contributed by atoms with van der Waals surface area (Å²) < 4.78 is 6.99. The number of aromatic nitrogens is 2. The number of nitrogens with zero attached hydrogens (tertiary/aromatic N) is 2. The van der Waals surface area contributed by atoms with Crippen molar-refractivity contribution in [2.24, 2.45) is 0 Å². The molecule has 0 bridgehead atoms. The highest BCUT2D eigenvalue weighted by molar-refractivity contribution is 6.01. The molecule has 2 aromatic carbocycles. The van der Waals surface area contributed by atoms with Crippen molar-refractivity contribution in [3.63, 3.8) is 0 Å². The van der Waals surface area contributed by atoms with Crippen molar-refractivity contribution in [3.8, 4) is 0 Å². The third-order valence-electron chi connectivity index (χ3n) is 5.57. The van der Waals surface area contributed by atoms with Crippen LogP contribution in [0.25, 0.3) is 10.9 Å². The molecule has 0 spiro atoms. The van der Waals surface area contributed by atoms with E-state index in [1.165, 1.54) is 0 Å². The summed E-state index contributed by atoms with van der Waals surface area (Å²) in [6.07, 6.45) is 3.80. The van der Waals surface area contributed by atoms with Crippen LogP contribution in [0.4, 0.5) is 0 Å². The molecule has 0 radical (unpaired) electrons. The summed E-state index contributed by atoms with van der Waals surface area (Å²) in [5, 5.41) is 0.489. The van der Waals surface area contributed by atoms with Gasteiger partial charge in [0.15, 0.2) is 6.61 Å². The second kappa shape index (κ2) is 8.22. The fraction of sp³-hybridized carbons (Fsp3) is 0.333. The molecule has 0 amide bonds. The summed E-state index contributed by atoms with van der Waals surface area (Å²) in [5.41, 5.74) is 3.17. The Kier molecular flexibility index (Phi) is 5.48. The molecule has 6 heteroatoms. The number of hydrogen-bond donors (Lipinski definition) is 0. The maximum absolute atomic E-state index is 12.8. The van der Waals surface area contributed by atoms with Crippen molar-refractivity contribution in [3.05, 3.63) is 74.8 Å². The van der Waals surface area contributed by atoms with Crippen LogP contribution in [0, 0.1) is 13.8 Å². The lowest BCUT2D eigenvalue weighted by Crippen LogP contribution is -2.24. The number of ketones is 1. The van der Waals surface area contributed by atoms with Crippen LogP contribution in [0.3, 0.4) is 0 Å². The maximum Gasteiger partial charge on any atom is 0.338 e. The molecule has 0 saturated carbocycles. The second-order valence-corrected chi connectivity index (χ2v) is 7.85. The van der Waals surface area contributed by atoms with E-state index in [1.807, 2.05) is 26.0 Å². The molecular formula is C24H24N2O4. The highest BCUT2D eigenvalue weighted by Gasteiger charge is 2.17. The van der Waals surface area contributed by atoms with Gasteiger partial charge in [0.05, 0.1) is 16.5 Å². The fourth-order valence-electron chi connectivity index (χ4n) is 3.96. The summed E-state index contributed by atoms with van der Waals surface area (Å²) in [6, 6.07) is 10.3. The number of aryl methyl sites for hydroxylation is 3. The van der Waals surface area contributed by atoms with Crippen LogP contribution in [0.1, 0.15) is 56.9 Å². The van der Waals surface area contributed by atoms with Gasteiger partial charge in [-0.3, -0.25) is 14.2 Å². The topological polar surface area (TPSA) is 78.3 Å². The lowest BCUT2D eigenvalue weighted by molar-refractivity contribution is 0.0474. The van der Waals surface area contributed by atoms with E-state index in [0.717, 1.165) is 42.6 Å². The van der Waals surface area contributed by atoms with E-state index in [4.69, 9.17) is 4.74 Å². The van der Waals surface area contributed by atoms with Gasteiger partial charge < -0.3 is 4.74 Å². The Hall–Kier alpha value is -3.28. The molecule has 1 aliphatic heterocycles. The molecule has 3 aromatic rings. The fourth-order valence-corrected chi connectivity index (χ4v) is 3.96. The average molecular weight is 404 g/mol. The Morgan fingerprint density at radius 2 is 1.90 bits per heavy atom. The summed E-state index contributed by atoms with van der Waals surface area (Å²) in [6.45, 7) is 4.17. The molecule has 0 atom stereocenters. The minimum atomic E-state index is -0.605. The minimum absolute atomic E-state index is 0.0677. The molecule has 0 fully saturated rings. The summed E-state index contributed by atoms with van der Waals surface area (Å²) in [5.74, 6) is -0.0873. The lowest BCUT2D eigenvalue weighted by Gasteiger charge is -2.11. The quantitative estimate of drug-likeness (QED) is 0.488. The van der Waals surface area contributed by atoms with Crippen LogP contribution in [-0.2, 0) is 17.7 Å². The molecular weight excluding hydrogens is 380 g/mol. The van der Waals surface area contributed by atoms with E-state index in [9.17, 15) is 14.4 Å². The molecule has 0 N–H and O–H groups in total. The first-order chi connectivity index (χ1) is 14.4. The number of fused-ring (bicyclic) bond motifs is 2. The molecule has 0 unspecified atom stereocenters. The van der Waals surface area contributed by atoms with Crippen molar-refractivity contribution in [2.75, 3.05) is 6.61 Å². The Morgan fingerprint density at radius 3 is 2.70 bits per heavy atom.